The average Bonchev–Trinajstić information content (AvgIpc) is 3.21. The summed E-state index contributed by atoms with van der Waals surface area (Å²) >= 11 is 12.2. The molecule has 0 aliphatic carbocycles. The zero-order chi connectivity index (χ0) is 18.4. The van der Waals surface area contributed by atoms with Crippen LogP contribution in [0.25, 0.3) is 11.3 Å². The molecule has 3 heterocycles. The Morgan fingerprint density at radius 1 is 1.27 bits per heavy atom. The van der Waals surface area contributed by atoms with Crippen LogP contribution in [0.3, 0.4) is 0 Å². The Bertz CT molecular complexity index is 1090. The molecular weight excluding hydrogens is 375 g/mol. The van der Waals surface area contributed by atoms with E-state index in [0.717, 1.165) is 11.3 Å². The molecular formula is C18H12Cl2N4O2. The van der Waals surface area contributed by atoms with E-state index in [0.29, 0.717) is 33.0 Å². The first-order valence-corrected chi connectivity index (χ1v) is 8.42. The number of rotatable bonds is 2. The van der Waals surface area contributed by atoms with Crippen LogP contribution < -0.4 is 10.5 Å². The number of furan rings is 1. The Morgan fingerprint density at radius 3 is 2.81 bits per heavy atom. The Balaban J connectivity index is 1.84. The maximum atomic E-state index is 9.57. The molecule has 4 rings (SSSR count). The number of nitrogens with two attached hydrogens (primary N) is 1. The van der Waals surface area contributed by atoms with Gasteiger partial charge in [0.05, 0.1) is 16.5 Å². The van der Waals surface area contributed by atoms with E-state index in [9.17, 15) is 5.26 Å². The number of benzene rings is 1. The molecule has 1 atom stereocenters. The SMILES string of the molecule is Cc1[nH]nc2c1[C@H](c1ccc(-c3ccc(Cl)cc3Cl)o1)C(C#N)=C(N)O2. The highest BCUT2D eigenvalue weighted by molar-refractivity contribution is 6.36. The standard InChI is InChI=1S/C18H12Cl2N4O2/c1-8-15-16(11(7-21)17(22)26-18(15)24-23-8)14-5-4-13(25-14)10-3-2-9(19)6-12(10)20/h2-6,16H,22H2,1H3,(H,23,24)/t16-/m0/s1. The lowest BCUT2D eigenvalue weighted by atomic mass is 9.88. The van der Waals surface area contributed by atoms with Crippen LogP contribution >= 0.6 is 23.2 Å². The number of hydrogen-bond donors (Lipinski definition) is 2. The number of hydrogen-bond acceptors (Lipinski definition) is 5. The third kappa shape index (κ3) is 2.53. The second-order valence-corrected chi connectivity index (χ2v) is 6.66. The molecule has 0 saturated carbocycles. The lowest BCUT2D eigenvalue weighted by Gasteiger charge is -2.21. The Kier molecular flexibility index (Phi) is 3.91. The molecule has 0 fully saturated rings. The summed E-state index contributed by atoms with van der Waals surface area (Å²) < 4.78 is 11.5. The van der Waals surface area contributed by atoms with Crippen molar-refractivity contribution in [3.63, 3.8) is 0 Å². The van der Waals surface area contributed by atoms with Crippen LogP contribution in [0.4, 0.5) is 0 Å². The highest BCUT2D eigenvalue weighted by Gasteiger charge is 2.36. The van der Waals surface area contributed by atoms with Crippen molar-refractivity contribution in [1.29, 1.82) is 5.26 Å². The number of halogens is 2. The number of H-pyrrole nitrogens is 1. The van der Waals surface area contributed by atoms with Crippen LogP contribution in [0, 0.1) is 18.3 Å². The van der Waals surface area contributed by atoms with Gasteiger partial charge in [-0.2, -0.15) is 5.26 Å². The number of nitrogens with zero attached hydrogens (tertiary/aromatic N) is 2. The van der Waals surface area contributed by atoms with Crippen LogP contribution in [-0.4, -0.2) is 10.2 Å². The quantitative estimate of drug-likeness (QED) is 0.674. The molecule has 0 bridgehead atoms. The number of fused-ring (bicyclic) bond motifs is 1. The molecule has 0 saturated heterocycles. The van der Waals surface area contributed by atoms with E-state index in [-0.39, 0.29) is 11.5 Å². The Morgan fingerprint density at radius 2 is 2.08 bits per heavy atom. The summed E-state index contributed by atoms with van der Waals surface area (Å²) in [6.45, 7) is 1.85. The van der Waals surface area contributed by atoms with Crippen molar-refractivity contribution in [3.05, 3.63) is 68.9 Å². The molecule has 0 spiro atoms. The predicted molar refractivity (Wildman–Crippen MR) is 96.8 cm³/mol. The van der Waals surface area contributed by atoms with E-state index < -0.39 is 5.92 Å². The largest absolute Gasteiger partial charge is 0.460 e. The lowest BCUT2D eigenvalue weighted by Crippen LogP contribution is -2.20. The van der Waals surface area contributed by atoms with Gasteiger partial charge in [0.2, 0.25) is 11.8 Å². The first kappa shape index (κ1) is 16.6. The summed E-state index contributed by atoms with van der Waals surface area (Å²) in [4.78, 5) is 0. The van der Waals surface area contributed by atoms with Crippen molar-refractivity contribution in [3.8, 4) is 23.3 Å². The fraction of sp³-hybridized carbons (Fsp3) is 0.111. The summed E-state index contributed by atoms with van der Waals surface area (Å²) in [5, 5.41) is 17.5. The van der Waals surface area contributed by atoms with E-state index >= 15 is 0 Å². The zero-order valence-corrected chi connectivity index (χ0v) is 15.0. The molecule has 1 aliphatic heterocycles. The monoisotopic (exact) mass is 386 g/mol. The summed E-state index contributed by atoms with van der Waals surface area (Å²) in [7, 11) is 0. The van der Waals surface area contributed by atoms with Crippen molar-refractivity contribution < 1.29 is 9.15 Å². The fourth-order valence-corrected chi connectivity index (χ4v) is 3.53. The summed E-state index contributed by atoms with van der Waals surface area (Å²) in [6, 6.07) is 10.8. The number of nitriles is 1. The van der Waals surface area contributed by atoms with Crippen LogP contribution in [0.1, 0.15) is 22.9 Å². The number of ether oxygens (including phenoxy) is 1. The van der Waals surface area contributed by atoms with Crippen LogP contribution in [0.2, 0.25) is 10.0 Å². The van der Waals surface area contributed by atoms with Gasteiger partial charge in [0.15, 0.2) is 0 Å². The normalized spacial score (nSPS) is 16.2. The van der Waals surface area contributed by atoms with Gasteiger partial charge in [-0.1, -0.05) is 23.2 Å². The highest BCUT2D eigenvalue weighted by Crippen LogP contribution is 2.44. The van der Waals surface area contributed by atoms with E-state index in [1.807, 2.05) is 6.92 Å². The van der Waals surface area contributed by atoms with Gasteiger partial charge < -0.3 is 14.9 Å². The second kappa shape index (κ2) is 6.13. The van der Waals surface area contributed by atoms with Gasteiger partial charge in [0.1, 0.15) is 23.2 Å². The third-order valence-electron chi connectivity index (χ3n) is 4.24. The van der Waals surface area contributed by atoms with Crippen LogP contribution in [0.5, 0.6) is 5.88 Å². The molecule has 6 nitrogen and oxygen atoms in total. The summed E-state index contributed by atoms with van der Waals surface area (Å²) in [5.74, 6) is 0.944. The van der Waals surface area contributed by atoms with Crippen molar-refractivity contribution in [2.75, 3.05) is 0 Å². The molecule has 0 unspecified atom stereocenters. The maximum Gasteiger partial charge on any atom is 0.244 e. The Labute approximate surface area is 158 Å². The Hall–Kier alpha value is -2.88. The summed E-state index contributed by atoms with van der Waals surface area (Å²) in [5.41, 5.74) is 8.37. The molecule has 130 valence electrons. The number of aromatic nitrogens is 2. The van der Waals surface area contributed by atoms with Gasteiger partial charge in [-0.3, -0.25) is 5.10 Å². The van der Waals surface area contributed by atoms with Crippen molar-refractivity contribution in [1.82, 2.24) is 10.2 Å². The van der Waals surface area contributed by atoms with Gasteiger partial charge in [0, 0.05) is 16.3 Å². The van der Waals surface area contributed by atoms with Crippen molar-refractivity contribution in [2.45, 2.75) is 12.8 Å². The zero-order valence-electron chi connectivity index (χ0n) is 13.5. The lowest BCUT2D eigenvalue weighted by molar-refractivity contribution is 0.371. The van der Waals surface area contributed by atoms with E-state index in [2.05, 4.69) is 16.3 Å². The van der Waals surface area contributed by atoms with E-state index in [1.54, 1.807) is 30.3 Å². The van der Waals surface area contributed by atoms with Gasteiger partial charge in [-0.15, -0.1) is 5.10 Å². The minimum atomic E-state index is -0.512. The number of nitrogens with one attached hydrogen (secondary N) is 1. The minimum Gasteiger partial charge on any atom is -0.460 e. The van der Waals surface area contributed by atoms with E-state index in [1.165, 1.54) is 0 Å². The molecule has 26 heavy (non-hydrogen) atoms. The number of allylic oxidation sites excluding steroid dienone is 1. The molecule has 0 radical (unpaired) electrons. The topological polar surface area (TPSA) is 101 Å². The van der Waals surface area contributed by atoms with Crippen molar-refractivity contribution >= 4 is 23.2 Å². The number of aryl methyl sites for hydroxylation is 1. The molecule has 2 aromatic heterocycles. The van der Waals surface area contributed by atoms with Crippen LogP contribution in [-0.2, 0) is 0 Å². The first-order valence-electron chi connectivity index (χ1n) is 7.67. The molecule has 1 aromatic carbocycles. The van der Waals surface area contributed by atoms with Crippen LogP contribution in [0.15, 0.2) is 46.2 Å². The molecule has 3 N–H and O–H groups in total. The highest BCUT2D eigenvalue weighted by atomic mass is 35.5. The van der Waals surface area contributed by atoms with Crippen molar-refractivity contribution in [2.24, 2.45) is 5.73 Å². The smallest absolute Gasteiger partial charge is 0.244 e. The van der Waals surface area contributed by atoms with E-state index in [4.69, 9.17) is 38.1 Å². The first-order chi connectivity index (χ1) is 12.5. The molecule has 1 aliphatic rings. The predicted octanol–water partition coefficient (Wildman–Crippen LogP) is 4.50. The maximum absolute atomic E-state index is 9.57. The summed E-state index contributed by atoms with van der Waals surface area (Å²) in [6.07, 6.45) is 0. The molecule has 8 heteroatoms. The fourth-order valence-electron chi connectivity index (χ4n) is 3.03. The minimum absolute atomic E-state index is 0.0129. The molecule has 0 amide bonds. The number of aromatic amines is 1. The second-order valence-electron chi connectivity index (χ2n) is 5.82. The van der Waals surface area contributed by atoms with Gasteiger partial charge in [0.25, 0.3) is 0 Å². The van der Waals surface area contributed by atoms with Gasteiger partial charge in [-0.05, 0) is 37.3 Å². The third-order valence-corrected chi connectivity index (χ3v) is 4.79. The van der Waals surface area contributed by atoms with Gasteiger partial charge in [-0.25, -0.2) is 0 Å². The molecule has 3 aromatic rings. The van der Waals surface area contributed by atoms with Gasteiger partial charge >= 0.3 is 0 Å². The average molecular weight is 387 g/mol.